The van der Waals surface area contributed by atoms with Gasteiger partial charge in [-0.1, -0.05) is 73.1 Å². The minimum absolute atomic E-state index is 0.00852. The van der Waals surface area contributed by atoms with Crippen molar-refractivity contribution in [3.63, 3.8) is 0 Å². The summed E-state index contributed by atoms with van der Waals surface area (Å²) in [6.45, 7) is 2.48. The predicted molar refractivity (Wildman–Crippen MR) is 105 cm³/mol. The van der Waals surface area contributed by atoms with Crippen molar-refractivity contribution in [2.24, 2.45) is 11.7 Å². The lowest BCUT2D eigenvalue weighted by atomic mass is 9.75. The first kappa shape index (κ1) is 19.1. The highest BCUT2D eigenvalue weighted by Gasteiger charge is 2.37. The number of hydrogen-bond donors (Lipinski definition) is 2. The van der Waals surface area contributed by atoms with E-state index in [1.54, 1.807) is 6.08 Å². The van der Waals surface area contributed by atoms with E-state index < -0.39 is 18.2 Å². The summed E-state index contributed by atoms with van der Waals surface area (Å²) in [4.78, 5) is 0. The van der Waals surface area contributed by atoms with Gasteiger partial charge in [-0.3, -0.25) is 0 Å². The summed E-state index contributed by atoms with van der Waals surface area (Å²) in [5.74, 6) is -0.426. The largest absolute Gasteiger partial charge is 0.386 e. The number of aliphatic hydroxyl groups is 1. The quantitative estimate of drug-likeness (QED) is 0.739. The summed E-state index contributed by atoms with van der Waals surface area (Å²) in [5, 5.41) is 10.5. The molecule has 0 radical (unpaired) electrons. The van der Waals surface area contributed by atoms with Crippen molar-refractivity contribution in [3.05, 3.63) is 82.4 Å². The van der Waals surface area contributed by atoms with E-state index in [-0.39, 0.29) is 11.8 Å². The third-order valence-corrected chi connectivity index (χ3v) is 5.72. The zero-order chi connectivity index (χ0) is 18.7. The Morgan fingerprint density at radius 3 is 2.50 bits per heavy atom. The summed E-state index contributed by atoms with van der Waals surface area (Å²) in [6, 6.07) is 15.8. The van der Waals surface area contributed by atoms with E-state index >= 15 is 0 Å². The first-order chi connectivity index (χ1) is 12.6. The summed E-state index contributed by atoms with van der Waals surface area (Å²) in [7, 11) is 0. The fourth-order valence-electron chi connectivity index (χ4n) is 3.91. The van der Waals surface area contributed by atoms with Crippen LogP contribution >= 0.6 is 11.6 Å². The smallest absolute Gasteiger partial charge is 0.137 e. The van der Waals surface area contributed by atoms with Gasteiger partial charge in [0.05, 0.1) is 0 Å². The average Bonchev–Trinajstić information content (AvgIpc) is 2.67. The molecule has 1 aliphatic rings. The van der Waals surface area contributed by atoms with Crippen LogP contribution in [0.3, 0.4) is 0 Å². The van der Waals surface area contributed by atoms with Gasteiger partial charge in [0, 0.05) is 23.4 Å². The van der Waals surface area contributed by atoms with Gasteiger partial charge in [0.1, 0.15) is 12.3 Å². The predicted octanol–water partition coefficient (Wildman–Crippen LogP) is 4.81. The first-order valence-corrected chi connectivity index (χ1v) is 9.49. The molecule has 3 N–H and O–H groups in total. The molecule has 2 nitrogen and oxygen atoms in total. The Bertz CT molecular complexity index is 764. The number of halogens is 2. The Hall–Kier alpha value is -1.68. The molecular formula is C22H25ClFNO. The maximum absolute atomic E-state index is 14.9. The summed E-state index contributed by atoms with van der Waals surface area (Å²) < 4.78 is 14.9. The maximum Gasteiger partial charge on any atom is 0.137 e. The average molecular weight is 374 g/mol. The molecule has 2 aromatic rings. The van der Waals surface area contributed by atoms with Crippen LogP contribution < -0.4 is 5.73 Å². The molecule has 0 heterocycles. The van der Waals surface area contributed by atoms with Crippen LogP contribution in [0.2, 0.25) is 5.02 Å². The molecule has 0 saturated heterocycles. The van der Waals surface area contributed by atoms with E-state index in [4.69, 9.17) is 17.3 Å². The summed E-state index contributed by atoms with van der Waals surface area (Å²) >= 11 is 6.46. The molecule has 1 aliphatic carbocycles. The Labute approximate surface area is 159 Å². The lowest BCUT2D eigenvalue weighted by Crippen LogP contribution is -2.34. The fraction of sp³-hybridized carbons (Fsp3) is 0.364. The number of rotatable bonds is 5. The van der Waals surface area contributed by atoms with Crippen LogP contribution in [-0.2, 0) is 0 Å². The highest BCUT2D eigenvalue weighted by atomic mass is 35.5. The van der Waals surface area contributed by atoms with Crippen molar-refractivity contribution >= 4 is 11.6 Å². The van der Waals surface area contributed by atoms with Crippen LogP contribution in [0.1, 0.15) is 41.9 Å². The molecule has 26 heavy (non-hydrogen) atoms. The molecule has 138 valence electrons. The molecule has 3 rings (SSSR count). The molecule has 0 saturated carbocycles. The van der Waals surface area contributed by atoms with Crippen molar-refractivity contribution in [3.8, 4) is 0 Å². The molecule has 0 fully saturated rings. The number of benzene rings is 2. The molecule has 0 aromatic heterocycles. The van der Waals surface area contributed by atoms with Crippen LogP contribution in [0.5, 0.6) is 0 Å². The Morgan fingerprint density at radius 1 is 1.12 bits per heavy atom. The third-order valence-electron chi connectivity index (χ3n) is 5.38. The number of hydrogen-bond acceptors (Lipinski definition) is 2. The van der Waals surface area contributed by atoms with Crippen molar-refractivity contribution in [2.45, 2.75) is 37.5 Å². The van der Waals surface area contributed by atoms with Gasteiger partial charge >= 0.3 is 0 Å². The number of aliphatic hydroxyl groups excluding tert-OH is 1. The molecule has 0 bridgehead atoms. The minimum atomic E-state index is -1.37. The summed E-state index contributed by atoms with van der Waals surface area (Å²) in [6.07, 6.45) is 1.78. The van der Waals surface area contributed by atoms with E-state index in [0.29, 0.717) is 11.6 Å². The van der Waals surface area contributed by atoms with E-state index in [9.17, 15) is 9.50 Å². The van der Waals surface area contributed by atoms with Gasteiger partial charge < -0.3 is 10.8 Å². The molecule has 0 aliphatic heterocycles. The topological polar surface area (TPSA) is 46.2 Å². The number of alkyl halides is 1. The van der Waals surface area contributed by atoms with E-state index in [0.717, 1.165) is 23.1 Å². The normalized spacial score (nSPS) is 26.7. The van der Waals surface area contributed by atoms with Gasteiger partial charge in [-0.25, -0.2) is 4.39 Å². The van der Waals surface area contributed by atoms with Crippen molar-refractivity contribution in [2.75, 3.05) is 6.54 Å². The second kappa shape index (κ2) is 8.34. The van der Waals surface area contributed by atoms with Crippen LogP contribution in [0.25, 0.3) is 0 Å². The van der Waals surface area contributed by atoms with Crippen molar-refractivity contribution in [1.29, 1.82) is 0 Å². The standard InChI is InChI=1S/C22H25ClFNO/c1-2-14-9-11-20(26)22(24)21(14)17-12-16(8-10-19(17)23)18(13-25)15-6-4-3-5-7-15/h3-12,14,18,20-22,26H,2,13,25H2,1H3. The molecule has 0 amide bonds. The molecule has 4 heteroatoms. The molecule has 2 aromatic carbocycles. The molecular weight excluding hydrogens is 349 g/mol. The van der Waals surface area contributed by atoms with Crippen molar-refractivity contribution < 1.29 is 9.50 Å². The van der Waals surface area contributed by atoms with Gasteiger partial charge in [0.25, 0.3) is 0 Å². The minimum Gasteiger partial charge on any atom is -0.386 e. The second-order valence-electron chi connectivity index (χ2n) is 6.90. The number of nitrogens with two attached hydrogens (primary N) is 1. The monoisotopic (exact) mass is 373 g/mol. The Morgan fingerprint density at radius 2 is 1.85 bits per heavy atom. The molecule has 0 spiro atoms. The highest BCUT2D eigenvalue weighted by Crippen LogP contribution is 2.42. The number of allylic oxidation sites excluding steroid dienone is 1. The van der Waals surface area contributed by atoms with Gasteiger partial charge in [0.15, 0.2) is 0 Å². The van der Waals surface area contributed by atoms with Gasteiger partial charge in [-0.05, 0) is 35.1 Å². The zero-order valence-electron chi connectivity index (χ0n) is 14.9. The van der Waals surface area contributed by atoms with Crippen LogP contribution in [0.4, 0.5) is 4.39 Å². The lowest BCUT2D eigenvalue weighted by molar-refractivity contribution is 0.0751. The second-order valence-corrected chi connectivity index (χ2v) is 7.30. The van der Waals surface area contributed by atoms with Crippen LogP contribution in [0.15, 0.2) is 60.7 Å². The van der Waals surface area contributed by atoms with Crippen molar-refractivity contribution in [1.82, 2.24) is 0 Å². The third kappa shape index (κ3) is 3.71. The zero-order valence-corrected chi connectivity index (χ0v) is 15.6. The van der Waals surface area contributed by atoms with Gasteiger partial charge in [-0.2, -0.15) is 0 Å². The van der Waals surface area contributed by atoms with Gasteiger partial charge in [-0.15, -0.1) is 0 Å². The fourth-order valence-corrected chi connectivity index (χ4v) is 4.15. The SMILES string of the molecule is CCC1C=CC(O)C(F)C1c1cc(C(CN)c2ccccc2)ccc1Cl. The first-order valence-electron chi connectivity index (χ1n) is 9.11. The Balaban J connectivity index is 2.03. The van der Waals surface area contributed by atoms with Crippen LogP contribution in [0, 0.1) is 5.92 Å². The highest BCUT2D eigenvalue weighted by molar-refractivity contribution is 6.31. The van der Waals surface area contributed by atoms with E-state index in [1.165, 1.54) is 0 Å². The lowest BCUT2D eigenvalue weighted by Gasteiger charge is -2.34. The summed E-state index contributed by atoms with van der Waals surface area (Å²) in [5.41, 5.74) is 8.94. The molecule has 5 atom stereocenters. The maximum atomic E-state index is 14.9. The van der Waals surface area contributed by atoms with E-state index in [1.807, 2.05) is 61.5 Å². The van der Waals surface area contributed by atoms with Crippen LogP contribution in [-0.4, -0.2) is 23.9 Å². The molecule has 5 unspecified atom stereocenters. The van der Waals surface area contributed by atoms with Gasteiger partial charge in [0.2, 0.25) is 0 Å². The van der Waals surface area contributed by atoms with E-state index in [2.05, 4.69) is 0 Å². The Kier molecular flexibility index (Phi) is 6.13.